The third kappa shape index (κ3) is 4.08. The summed E-state index contributed by atoms with van der Waals surface area (Å²) in [6.45, 7) is 2.59. The Morgan fingerprint density at radius 2 is 1.88 bits per heavy atom. The lowest BCUT2D eigenvalue weighted by Gasteiger charge is -2.23. The molecule has 90 valence electrons. The molecule has 0 aliphatic rings. The van der Waals surface area contributed by atoms with Crippen molar-refractivity contribution in [1.82, 2.24) is 4.83 Å². The number of hydrazine groups is 1. The molecule has 0 atom stereocenters. The summed E-state index contributed by atoms with van der Waals surface area (Å²) in [5, 5.41) is 1.59. The predicted octanol–water partition coefficient (Wildman–Crippen LogP) is 0.949. The highest BCUT2D eigenvalue weighted by Crippen LogP contribution is 2.15. The second-order valence-electron chi connectivity index (χ2n) is 3.61. The van der Waals surface area contributed by atoms with E-state index in [-0.39, 0.29) is 0 Å². The minimum atomic E-state index is -3.26. The van der Waals surface area contributed by atoms with Gasteiger partial charge in [0.25, 0.3) is 0 Å². The molecule has 0 aliphatic carbocycles. The van der Waals surface area contributed by atoms with Gasteiger partial charge in [-0.1, -0.05) is 6.92 Å². The van der Waals surface area contributed by atoms with Crippen LogP contribution in [0.25, 0.3) is 0 Å². The van der Waals surface area contributed by atoms with Crippen molar-refractivity contribution in [2.45, 2.75) is 13.3 Å². The number of benzene rings is 1. The van der Waals surface area contributed by atoms with Crippen molar-refractivity contribution in [3.63, 3.8) is 0 Å². The molecule has 0 bridgehead atoms. The van der Waals surface area contributed by atoms with Crippen molar-refractivity contribution in [2.24, 2.45) is 0 Å². The highest BCUT2D eigenvalue weighted by molar-refractivity contribution is 7.88. The maximum atomic E-state index is 11.2. The number of nitrogen functional groups attached to an aromatic ring is 1. The van der Waals surface area contributed by atoms with Gasteiger partial charge in [-0.3, -0.25) is 5.01 Å². The molecule has 0 spiro atoms. The number of nitrogens with two attached hydrogens (primary N) is 1. The lowest BCUT2D eigenvalue weighted by Crippen LogP contribution is -2.42. The molecule has 0 saturated heterocycles. The van der Waals surface area contributed by atoms with Gasteiger partial charge in [0, 0.05) is 12.2 Å². The van der Waals surface area contributed by atoms with Crippen LogP contribution in [0.1, 0.15) is 13.3 Å². The van der Waals surface area contributed by atoms with Crippen molar-refractivity contribution in [1.29, 1.82) is 0 Å². The van der Waals surface area contributed by atoms with Crippen LogP contribution in [-0.4, -0.2) is 21.2 Å². The van der Waals surface area contributed by atoms with Gasteiger partial charge in [0.15, 0.2) is 0 Å². The summed E-state index contributed by atoms with van der Waals surface area (Å²) in [5.41, 5.74) is 7.00. The van der Waals surface area contributed by atoms with Gasteiger partial charge in [0.1, 0.15) is 0 Å². The number of rotatable bonds is 5. The molecule has 0 radical (unpaired) electrons. The van der Waals surface area contributed by atoms with Crippen molar-refractivity contribution >= 4 is 21.4 Å². The minimum absolute atomic E-state index is 0.608. The number of nitrogens with one attached hydrogen (secondary N) is 1. The molecule has 1 aromatic carbocycles. The first-order valence-corrected chi connectivity index (χ1v) is 6.92. The van der Waals surface area contributed by atoms with E-state index < -0.39 is 10.0 Å². The molecular weight excluding hydrogens is 226 g/mol. The van der Waals surface area contributed by atoms with E-state index in [1.165, 1.54) is 0 Å². The fourth-order valence-electron chi connectivity index (χ4n) is 1.31. The number of hydrogen-bond donors (Lipinski definition) is 2. The monoisotopic (exact) mass is 243 g/mol. The summed E-state index contributed by atoms with van der Waals surface area (Å²) in [6.07, 6.45) is 1.97. The van der Waals surface area contributed by atoms with Gasteiger partial charge >= 0.3 is 0 Å². The second-order valence-corrected chi connectivity index (χ2v) is 5.33. The largest absolute Gasteiger partial charge is 0.399 e. The number of sulfonamides is 1. The molecule has 0 unspecified atom stereocenters. The van der Waals surface area contributed by atoms with E-state index in [9.17, 15) is 8.42 Å². The molecule has 1 rings (SSSR count). The van der Waals surface area contributed by atoms with Crippen LogP contribution >= 0.6 is 0 Å². The first kappa shape index (κ1) is 12.8. The van der Waals surface area contributed by atoms with Gasteiger partial charge < -0.3 is 5.73 Å². The summed E-state index contributed by atoms with van der Waals surface area (Å²) in [6, 6.07) is 7.04. The van der Waals surface area contributed by atoms with Gasteiger partial charge in [0.2, 0.25) is 10.0 Å². The van der Waals surface area contributed by atoms with Crippen LogP contribution in [0.2, 0.25) is 0 Å². The Morgan fingerprint density at radius 1 is 1.31 bits per heavy atom. The normalized spacial score (nSPS) is 11.4. The van der Waals surface area contributed by atoms with Crippen LogP contribution in [0.4, 0.5) is 11.4 Å². The van der Waals surface area contributed by atoms with E-state index in [4.69, 9.17) is 5.73 Å². The highest BCUT2D eigenvalue weighted by atomic mass is 32.2. The Balaban J connectivity index is 2.89. The summed E-state index contributed by atoms with van der Waals surface area (Å²) in [7, 11) is -3.26. The molecule has 0 aromatic heterocycles. The zero-order valence-corrected chi connectivity index (χ0v) is 10.3. The maximum absolute atomic E-state index is 11.2. The molecule has 5 nitrogen and oxygen atoms in total. The molecule has 0 fully saturated rings. The van der Waals surface area contributed by atoms with E-state index in [1.807, 2.05) is 6.92 Å². The fraction of sp³-hybridized carbons (Fsp3) is 0.400. The van der Waals surface area contributed by atoms with E-state index in [0.717, 1.165) is 18.4 Å². The van der Waals surface area contributed by atoms with Crippen molar-refractivity contribution < 1.29 is 8.42 Å². The van der Waals surface area contributed by atoms with Crippen molar-refractivity contribution in [2.75, 3.05) is 23.5 Å². The van der Waals surface area contributed by atoms with Crippen LogP contribution < -0.4 is 15.6 Å². The smallest absolute Gasteiger partial charge is 0.225 e. The van der Waals surface area contributed by atoms with Crippen LogP contribution in [0.3, 0.4) is 0 Å². The maximum Gasteiger partial charge on any atom is 0.225 e. The Hall–Kier alpha value is -1.27. The lowest BCUT2D eigenvalue weighted by atomic mass is 10.3. The van der Waals surface area contributed by atoms with Crippen molar-refractivity contribution in [3.05, 3.63) is 24.3 Å². The van der Waals surface area contributed by atoms with Crippen LogP contribution in [0.5, 0.6) is 0 Å². The first-order valence-electron chi connectivity index (χ1n) is 5.03. The van der Waals surface area contributed by atoms with Gasteiger partial charge in [-0.25, -0.2) is 8.42 Å². The average molecular weight is 243 g/mol. The van der Waals surface area contributed by atoms with Gasteiger partial charge in [-0.05, 0) is 30.7 Å². The van der Waals surface area contributed by atoms with E-state index in [2.05, 4.69) is 4.83 Å². The predicted molar refractivity (Wildman–Crippen MR) is 66.5 cm³/mol. The Bertz CT molecular complexity index is 428. The highest BCUT2D eigenvalue weighted by Gasteiger charge is 2.10. The molecule has 6 heteroatoms. The van der Waals surface area contributed by atoms with Gasteiger partial charge in [-0.2, -0.15) is 0 Å². The Kier molecular flexibility index (Phi) is 4.14. The molecule has 0 heterocycles. The third-order valence-corrected chi connectivity index (χ3v) is 2.48. The Labute approximate surface area is 96.3 Å². The quantitative estimate of drug-likeness (QED) is 0.596. The SMILES string of the molecule is CCCN(NS(C)(=O)=O)c1ccc(N)cc1. The number of nitrogens with zero attached hydrogens (tertiary/aromatic N) is 1. The standard InChI is InChI=1S/C10H17N3O2S/c1-3-8-13(12-16(2,14)15)10-6-4-9(11)5-7-10/h4-7,12H,3,8,11H2,1-2H3. The molecule has 0 saturated carbocycles. The summed E-state index contributed by atoms with van der Waals surface area (Å²) < 4.78 is 22.4. The zero-order valence-electron chi connectivity index (χ0n) is 9.47. The molecule has 3 N–H and O–H groups in total. The van der Waals surface area contributed by atoms with Gasteiger partial charge in [-0.15, -0.1) is 4.83 Å². The molecular formula is C10H17N3O2S. The number of anilines is 2. The zero-order chi connectivity index (χ0) is 12.2. The van der Waals surface area contributed by atoms with E-state index >= 15 is 0 Å². The van der Waals surface area contributed by atoms with Crippen molar-refractivity contribution in [3.8, 4) is 0 Å². The lowest BCUT2D eigenvalue weighted by molar-refractivity contribution is 0.580. The first-order chi connectivity index (χ1) is 7.42. The second kappa shape index (κ2) is 5.18. The summed E-state index contributed by atoms with van der Waals surface area (Å²) in [5.74, 6) is 0. The Morgan fingerprint density at radius 3 is 2.31 bits per heavy atom. The minimum Gasteiger partial charge on any atom is -0.399 e. The average Bonchev–Trinajstić information content (AvgIpc) is 2.16. The number of hydrogen-bond acceptors (Lipinski definition) is 4. The summed E-state index contributed by atoms with van der Waals surface area (Å²) in [4.78, 5) is 2.46. The van der Waals surface area contributed by atoms with Gasteiger partial charge in [0.05, 0.1) is 11.9 Å². The molecule has 1 aromatic rings. The van der Waals surface area contributed by atoms with Crippen LogP contribution in [0.15, 0.2) is 24.3 Å². The topological polar surface area (TPSA) is 75.4 Å². The fourth-order valence-corrected chi connectivity index (χ4v) is 1.90. The van der Waals surface area contributed by atoms with Crippen LogP contribution in [-0.2, 0) is 10.0 Å². The van der Waals surface area contributed by atoms with E-state index in [0.29, 0.717) is 12.2 Å². The molecule has 0 aliphatic heterocycles. The third-order valence-electron chi connectivity index (χ3n) is 1.93. The molecule has 0 amide bonds. The van der Waals surface area contributed by atoms with E-state index in [1.54, 1.807) is 29.3 Å². The molecule has 16 heavy (non-hydrogen) atoms. The summed E-state index contributed by atoms with van der Waals surface area (Å²) >= 11 is 0. The van der Waals surface area contributed by atoms with Crippen LogP contribution in [0, 0.1) is 0 Å².